The topological polar surface area (TPSA) is 49.3 Å². The number of fused-ring (bicyclic) bond motifs is 1. The summed E-state index contributed by atoms with van der Waals surface area (Å²) in [4.78, 5) is 25.8. The summed E-state index contributed by atoms with van der Waals surface area (Å²) in [5.41, 5.74) is 1.55. The number of rotatable bonds is 2. The highest BCUT2D eigenvalue weighted by molar-refractivity contribution is 9.10. The number of halogens is 2. The smallest absolute Gasteiger partial charge is 0.253 e. The Morgan fingerprint density at radius 1 is 1.04 bits per heavy atom. The van der Waals surface area contributed by atoms with Crippen molar-refractivity contribution in [2.45, 2.75) is 6.42 Å². The zero-order valence-electron chi connectivity index (χ0n) is 14.6. The van der Waals surface area contributed by atoms with Gasteiger partial charge < -0.3 is 9.80 Å². The van der Waals surface area contributed by atoms with Gasteiger partial charge in [-0.3, -0.25) is 4.79 Å². The lowest BCUT2D eigenvalue weighted by Crippen LogP contribution is -2.35. The first-order valence-electron chi connectivity index (χ1n) is 8.82. The molecule has 0 bridgehead atoms. The third kappa shape index (κ3) is 3.92. The first-order valence-corrected chi connectivity index (χ1v) is 9.99. The predicted octanol–water partition coefficient (Wildman–Crippen LogP) is 4.40. The van der Waals surface area contributed by atoms with Crippen molar-refractivity contribution >= 4 is 50.2 Å². The second-order valence-electron chi connectivity index (χ2n) is 6.50. The van der Waals surface area contributed by atoms with Gasteiger partial charge in [-0.15, -0.1) is 0 Å². The maximum Gasteiger partial charge on any atom is 0.253 e. The van der Waals surface area contributed by atoms with Gasteiger partial charge in [0.25, 0.3) is 5.91 Å². The molecule has 138 valence electrons. The van der Waals surface area contributed by atoms with Crippen LogP contribution in [0.25, 0.3) is 10.9 Å². The standard InChI is InChI=1S/C20H18BrClN4O/c21-15-5-6-18-17(12-15)19(24-13-23-18)25-7-2-8-26(10-9-25)20(27)14-3-1-4-16(22)11-14/h1,3-6,11-13H,2,7-10H2. The molecule has 0 radical (unpaired) electrons. The maximum absolute atomic E-state index is 12.8. The molecule has 1 aliphatic rings. The maximum atomic E-state index is 12.8. The van der Waals surface area contributed by atoms with Crippen molar-refractivity contribution in [1.29, 1.82) is 0 Å². The summed E-state index contributed by atoms with van der Waals surface area (Å²) in [5, 5.41) is 1.59. The van der Waals surface area contributed by atoms with Gasteiger partial charge in [0.05, 0.1) is 5.52 Å². The van der Waals surface area contributed by atoms with E-state index in [-0.39, 0.29) is 5.91 Å². The SMILES string of the molecule is O=C(c1cccc(Cl)c1)N1CCCN(c2ncnc3ccc(Br)cc23)CC1. The number of carbonyl (C=O) groups excluding carboxylic acids is 1. The van der Waals surface area contributed by atoms with E-state index >= 15 is 0 Å². The Labute approximate surface area is 171 Å². The molecule has 0 aliphatic carbocycles. The second-order valence-corrected chi connectivity index (χ2v) is 7.85. The van der Waals surface area contributed by atoms with E-state index in [0.717, 1.165) is 40.7 Å². The number of anilines is 1. The van der Waals surface area contributed by atoms with Gasteiger partial charge in [-0.25, -0.2) is 9.97 Å². The fourth-order valence-corrected chi connectivity index (χ4v) is 3.96. The van der Waals surface area contributed by atoms with Crippen LogP contribution in [-0.4, -0.2) is 47.0 Å². The van der Waals surface area contributed by atoms with Crippen molar-refractivity contribution in [3.63, 3.8) is 0 Å². The molecule has 0 N–H and O–H groups in total. The molecule has 7 heteroatoms. The van der Waals surface area contributed by atoms with Gasteiger partial charge in [-0.2, -0.15) is 0 Å². The highest BCUT2D eigenvalue weighted by Gasteiger charge is 2.22. The lowest BCUT2D eigenvalue weighted by molar-refractivity contribution is 0.0767. The van der Waals surface area contributed by atoms with Crippen LogP contribution in [0.1, 0.15) is 16.8 Å². The lowest BCUT2D eigenvalue weighted by Gasteiger charge is -2.24. The molecule has 1 saturated heterocycles. The van der Waals surface area contributed by atoms with Crippen molar-refractivity contribution in [2.75, 3.05) is 31.1 Å². The average molecular weight is 446 g/mol. The van der Waals surface area contributed by atoms with E-state index in [1.54, 1.807) is 18.5 Å². The molecule has 0 spiro atoms. The molecule has 0 saturated carbocycles. The van der Waals surface area contributed by atoms with Crippen molar-refractivity contribution in [3.8, 4) is 0 Å². The van der Waals surface area contributed by atoms with Crippen LogP contribution in [0.15, 0.2) is 53.3 Å². The molecule has 5 nitrogen and oxygen atoms in total. The van der Waals surface area contributed by atoms with Crippen molar-refractivity contribution in [3.05, 3.63) is 63.9 Å². The largest absolute Gasteiger partial charge is 0.354 e. The van der Waals surface area contributed by atoms with Gasteiger partial charge in [-0.05, 0) is 42.8 Å². The van der Waals surface area contributed by atoms with Crippen molar-refractivity contribution < 1.29 is 4.79 Å². The summed E-state index contributed by atoms with van der Waals surface area (Å²) >= 11 is 9.56. The van der Waals surface area contributed by atoms with Crippen LogP contribution in [0.4, 0.5) is 5.82 Å². The molecule has 1 aliphatic heterocycles. The minimum Gasteiger partial charge on any atom is -0.354 e. The summed E-state index contributed by atoms with van der Waals surface area (Å²) in [6, 6.07) is 13.1. The van der Waals surface area contributed by atoms with Crippen LogP contribution >= 0.6 is 27.5 Å². The van der Waals surface area contributed by atoms with Gasteiger partial charge >= 0.3 is 0 Å². The third-order valence-electron chi connectivity index (χ3n) is 4.73. The van der Waals surface area contributed by atoms with E-state index < -0.39 is 0 Å². The summed E-state index contributed by atoms with van der Waals surface area (Å²) in [6.45, 7) is 2.93. The Hall–Kier alpha value is -2.18. The van der Waals surface area contributed by atoms with E-state index in [2.05, 4.69) is 30.8 Å². The van der Waals surface area contributed by atoms with E-state index in [4.69, 9.17) is 11.6 Å². The van der Waals surface area contributed by atoms with Gasteiger partial charge in [0.2, 0.25) is 0 Å². The number of carbonyl (C=O) groups is 1. The van der Waals surface area contributed by atoms with Gasteiger partial charge in [0, 0.05) is 46.6 Å². The van der Waals surface area contributed by atoms with E-state index in [9.17, 15) is 4.79 Å². The lowest BCUT2D eigenvalue weighted by atomic mass is 10.2. The summed E-state index contributed by atoms with van der Waals surface area (Å²) < 4.78 is 0.999. The number of aromatic nitrogens is 2. The Balaban J connectivity index is 1.56. The summed E-state index contributed by atoms with van der Waals surface area (Å²) in [7, 11) is 0. The molecule has 1 amide bonds. The van der Waals surface area contributed by atoms with Gasteiger partial charge in [0.15, 0.2) is 0 Å². The summed E-state index contributed by atoms with van der Waals surface area (Å²) in [5.74, 6) is 0.938. The molecule has 27 heavy (non-hydrogen) atoms. The fraction of sp³-hybridized carbons (Fsp3) is 0.250. The first-order chi connectivity index (χ1) is 13.1. The molecule has 2 aromatic carbocycles. The van der Waals surface area contributed by atoms with Crippen molar-refractivity contribution in [1.82, 2.24) is 14.9 Å². The molecule has 3 aromatic rings. The molecule has 4 rings (SSSR count). The second kappa shape index (κ2) is 7.82. The van der Waals surface area contributed by atoms with E-state index in [0.29, 0.717) is 23.7 Å². The van der Waals surface area contributed by atoms with Crippen LogP contribution in [0.5, 0.6) is 0 Å². The highest BCUT2D eigenvalue weighted by Crippen LogP contribution is 2.27. The number of benzene rings is 2. The van der Waals surface area contributed by atoms with Crippen LogP contribution in [0.3, 0.4) is 0 Å². The molecule has 0 atom stereocenters. The Bertz CT molecular complexity index is 997. The van der Waals surface area contributed by atoms with Crippen LogP contribution in [0.2, 0.25) is 5.02 Å². The van der Waals surface area contributed by atoms with Crippen LogP contribution < -0.4 is 4.90 Å². The normalized spacial score (nSPS) is 15.0. The number of hydrogen-bond acceptors (Lipinski definition) is 4. The highest BCUT2D eigenvalue weighted by atomic mass is 79.9. The zero-order chi connectivity index (χ0) is 18.8. The Kier molecular flexibility index (Phi) is 5.27. The fourth-order valence-electron chi connectivity index (χ4n) is 3.40. The summed E-state index contributed by atoms with van der Waals surface area (Å²) in [6.07, 6.45) is 2.48. The monoisotopic (exact) mass is 444 g/mol. The van der Waals surface area contributed by atoms with Crippen LogP contribution in [0, 0.1) is 0 Å². The molecule has 0 unspecified atom stereocenters. The minimum atomic E-state index is 0.0228. The van der Waals surface area contributed by atoms with Gasteiger partial charge in [-0.1, -0.05) is 33.6 Å². The van der Waals surface area contributed by atoms with Gasteiger partial charge in [0.1, 0.15) is 12.1 Å². The van der Waals surface area contributed by atoms with Crippen LogP contribution in [-0.2, 0) is 0 Å². The van der Waals surface area contributed by atoms with E-state index in [1.165, 1.54) is 0 Å². The molecular weight excluding hydrogens is 428 g/mol. The van der Waals surface area contributed by atoms with Crippen molar-refractivity contribution in [2.24, 2.45) is 0 Å². The average Bonchev–Trinajstić information content (AvgIpc) is 2.93. The molecule has 2 heterocycles. The molecule has 1 aromatic heterocycles. The third-order valence-corrected chi connectivity index (χ3v) is 5.46. The first kappa shape index (κ1) is 18.2. The molecular formula is C20H18BrClN4O. The quantitative estimate of drug-likeness (QED) is 0.587. The Morgan fingerprint density at radius 2 is 1.93 bits per heavy atom. The number of hydrogen-bond donors (Lipinski definition) is 0. The van der Waals surface area contributed by atoms with E-state index in [1.807, 2.05) is 35.2 Å². The Morgan fingerprint density at radius 3 is 2.78 bits per heavy atom. The number of nitrogens with zero attached hydrogens (tertiary/aromatic N) is 4. The molecule has 1 fully saturated rings. The number of amides is 1. The zero-order valence-corrected chi connectivity index (χ0v) is 16.9. The minimum absolute atomic E-state index is 0.0228. The predicted molar refractivity (Wildman–Crippen MR) is 111 cm³/mol.